The Morgan fingerprint density at radius 3 is 2.67 bits per heavy atom. The Balaban J connectivity index is 1.56. The molecule has 0 saturated heterocycles. The number of hydrogen-bond donors (Lipinski definition) is 1. The van der Waals surface area contributed by atoms with E-state index in [9.17, 15) is 4.79 Å². The van der Waals surface area contributed by atoms with Crippen LogP contribution in [0.4, 0.5) is 0 Å². The van der Waals surface area contributed by atoms with Gasteiger partial charge in [-0.25, -0.2) is 0 Å². The summed E-state index contributed by atoms with van der Waals surface area (Å²) in [6.45, 7) is 9.16. The smallest absolute Gasteiger partial charge is 0.302 e. The summed E-state index contributed by atoms with van der Waals surface area (Å²) >= 11 is 0. The molecule has 0 unspecified atom stereocenters. The van der Waals surface area contributed by atoms with Gasteiger partial charge < -0.3 is 10.1 Å². The number of hydrogen-bond acceptors (Lipinski definition) is 2. The van der Waals surface area contributed by atoms with Crippen molar-refractivity contribution in [2.75, 3.05) is 7.05 Å². The first-order valence-corrected chi connectivity index (χ1v) is 11.5. The van der Waals surface area contributed by atoms with E-state index < -0.39 is 0 Å². The maximum Gasteiger partial charge on any atom is 0.302 e. The van der Waals surface area contributed by atoms with Crippen LogP contribution in [-0.2, 0) is 9.53 Å². The summed E-state index contributed by atoms with van der Waals surface area (Å²) in [6, 6.07) is 0.751. The number of ether oxygens (including phenoxy) is 1. The lowest BCUT2D eigenvalue weighted by atomic mass is 9.47. The number of quaternary nitrogens is 1. The van der Waals surface area contributed by atoms with Gasteiger partial charge in [-0.3, -0.25) is 4.79 Å². The number of carbonyl (C=O) groups is 1. The van der Waals surface area contributed by atoms with E-state index in [2.05, 4.69) is 39.2 Å². The van der Waals surface area contributed by atoms with Gasteiger partial charge in [0.05, 0.1) is 13.1 Å². The second-order valence-electron chi connectivity index (χ2n) is 10.7. The average molecular weight is 375 g/mol. The molecule has 152 valence electrons. The van der Waals surface area contributed by atoms with E-state index >= 15 is 0 Å². The number of allylic oxidation sites excluding steroid dienone is 1. The third-order valence-corrected chi connectivity index (χ3v) is 9.63. The highest BCUT2D eigenvalue weighted by Crippen LogP contribution is 2.66. The van der Waals surface area contributed by atoms with Gasteiger partial charge in [0.1, 0.15) is 6.10 Å². The molecular weight excluding hydrogens is 334 g/mol. The van der Waals surface area contributed by atoms with Crippen molar-refractivity contribution < 1.29 is 14.8 Å². The molecule has 27 heavy (non-hydrogen) atoms. The van der Waals surface area contributed by atoms with Gasteiger partial charge in [-0.15, -0.1) is 0 Å². The molecule has 0 aromatic rings. The zero-order valence-corrected chi connectivity index (χ0v) is 18.1. The van der Waals surface area contributed by atoms with Gasteiger partial charge in [0.2, 0.25) is 0 Å². The number of rotatable bonds is 3. The second kappa shape index (κ2) is 6.90. The Kier molecular flexibility index (Phi) is 4.98. The molecule has 2 N–H and O–H groups in total. The van der Waals surface area contributed by atoms with Crippen molar-refractivity contribution in [2.24, 2.45) is 34.5 Å². The summed E-state index contributed by atoms with van der Waals surface area (Å²) in [5, 5.41) is 2.45. The van der Waals surface area contributed by atoms with Crippen LogP contribution in [0.3, 0.4) is 0 Å². The zero-order valence-electron chi connectivity index (χ0n) is 18.1. The maximum absolute atomic E-state index is 11.4. The molecule has 3 fully saturated rings. The average Bonchev–Trinajstić information content (AvgIpc) is 2.98. The van der Waals surface area contributed by atoms with E-state index in [1.807, 2.05) is 0 Å². The minimum Gasteiger partial charge on any atom is -0.462 e. The quantitative estimate of drug-likeness (QED) is 0.597. The van der Waals surface area contributed by atoms with Gasteiger partial charge in [-0.2, -0.15) is 0 Å². The van der Waals surface area contributed by atoms with E-state index in [4.69, 9.17) is 4.74 Å². The molecule has 0 aromatic heterocycles. The van der Waals surface area contributed by atoms with Gasteiger partial charge in [-0.05, 0) is 80.5 Å². The summed E-state index contributed by atoms with van der Waals surface area (Å²) in [7, 11) is 2.26. The van der Waals surface area contributed by atoms with Crippen molar-refractivity contribution in [3.8, 4) is 0 Å². The molecule has 4 rings (SSSR count). The maximum atomic E-state index is 11.4. The Morgan fingerprint density at radius 2 is 1.96 bits per heavy atom. The Morgan fingerprint density at radius 1 is 1.19 bits per heavy atom. The van der Waals surface area contributed by atoms with Crippen LogP contribution in [0.1, 0.15) is 79.1 Å². The largest absolute Gasteiger partial charge is 0.462 e. The van der Waals surface area contributed by atoms with Gasteiger partial charge >= 0.3 is 5.97 Å². The highest BCUT2D eigenvalue weighted by atomic mass is 16.5. The molecule has 0 amide bonds. The Bertz CT molecular complexity index is 628. The molecule has 0 spiro atoms. The van der Waals surface area contributed by atoms with Crippen molar-refractivity contribution >= 4 is 5.97 Å². The van der Waals surface area contributed by atoms with Gasteiger partial charge in [0.25, 0.3) is 0 Å². The summed E-state index contributed by atoms with van der Waals surface area (Å²) in [6.07, 6.45) is 12.9. The number of fused-ring (bicyclic) bond motifs is 5. The van der Waals surface area contributed by atoms with Crippen molar-refractivity contribution in [1.29, 1.82) is 0 Å². The molecule has 8 atom stereocenters. The predicted molar refractivity (Wildman–Crippen MR) is 108 cm³/mol. The first-order valence-electron chi connectivity index (χ1n) is 11.5. The van der Waals surface area contributed by atoms with E-state index in [0.29, 0.717) is 10.8 Å². The number of nitrogens with two attached hydrogens (primary N) is 1. The third-order valence-electron chi connectivity index (χ3n) is 9.63. The van der Waals surface area contributed by atoms with Crippen LogP contribution in [0.2, 0.25) is 0 Å². The molecule has 0 heterocycles. The summed E-state index contributed by atoms with van der Waals surface area (Å²) in [5.41, 5.74) is 2.50. The molecule has 4 aliphatic rings. The topological polar surface area (TPSA) is 42.9 Å². The van der Waals surface area contributed by atoms with Crippen LogP contribution in [0.25, 0.3) is 0 Å². The van der Waals surface area contributed by atoms with Crippen LogP contribution >= 0.6 is 0 Å². The molecule has 0 radical (unpaired) electrons. The molecule has 4 aliphatic carbocycles. The molecule has 0 aromatic carbocycles. The SMILES string of the molecule is C[NH2+][C@@H](C)[C@H]1CC[C@H]2[C@H]3CC=C4C[C@@H](OC(C)=O)CC[C@]4(C)[C@@H]3CC[C@]12C. The van der Waals surface area contributed by atoms with E-state index in [1.165, 1.54) is 38.5 Å². The van der Waals surface area contributed by atoms with Crippen LogP contribution in [0.15, 0.2) is 11.6 Å². The molecule has 3 saturated carbocycles. The van der Waals surface area contributed by atoms with Crippen LogP contribution in [-0.4, -0.2) is 25.2 Å². The lowest BCUT2D eigenvalue weighted by molar-refractivity contribution is -0.669. The Hall–Kier alpha value is -0.830. The van der Waals surface area contributed by atoms with E-state index in [1.54, 1.807) is 12.5 Å². The predicted octanol–water partition coefficient (Wildman–Crippen LogP) is 4.08. The Labute approximate surface area is 165 Å². The normalized spacial score (nSPS) is 47.3. The van der Waals surface area contributed by atoms with Gasteiger partial charge in [0.15, 0.2) is 0 Å². The van der Waals surface area contributed by atoms with Crippen LogP contribution in [0.5, 0.6) is 0 Å². The monoisotopic (exact) mass is 374 g/mol. The molecule has 3 heteroatoms. The first kappa shape index (κ1) is 19.5. The first-order chi connectivity index (χ1) is 12.8. The van der Waals surface area contributed by atoms with Crippen molar-refractivity contribution in [2.45, 2.75) is 91.2 Å². The minimum atomic E-state index is -0.120. The summed E-state index contributed by atoms with van der Waals surface area (Å²) in [4.78, 5) is 11.4. The zero-order chi connectivity index (χ0) is 19.4. The minimum absolute atomic E-state index is 0.115. The lowest BCUT2D eigenvalue weighted by Gasteiger charge is -2.58. The fourth-order valence-corrected chi connectivity index (χ4v) is 8.10. The van der Waals surface area contributed by atoms with Crippen LogP contribution in [0, 0.1) is 34.5 Å². The fraction of sp³-hybridized carbons (Fsp3) is 0.875. The van der Waals surface area contributed by atoms with Crippen molar-refractivity contribution in [3.63, 3.8) is 0 Å². The van der Waals surface area contributed by atoms with E-state index in [-0.39, 0.29) is 12.1 Å². The number of esters is 1. The van der Waals surface area contributed by atoms with E-state index in [0.717, 1.165) is 42.6 Å². The van der Waals surface area contributed by atoms with Gasteiger partial charge in [-0.1, -0.05) is 25.5 Å². The lowest BCUT2D eigenvalue weighted by Crippen LogP contribution is -2.87. The standard InChI is InChI=1S/C24H39NO2/c1-15(25-5)20-8-9-21-19-7-6-17-14-18(27-16(2)26)10-12-23(17,3)22(19)11-13-24(20,21)4/h6,15,18-22,25H,7-14H2,1-5H3/p+1/t15-,18-,19+,20+,21-,22+,23-,24+/m0/s1. The molecule has 0 aliphatic heterocycles. The molecule has 3 nitrogen and oxygen atoms in total. The fourth-order valence-electron chi connectivity index (χ4n) is 8.10. The molecule has 0 bridgehead atoms. The third kappa shape index (κ3) is 2.99. The highest BCUT2D eigenvalue weighted by Gasteiger charge is 2.59. The second-order valence-corrected chi connectivity index (χ2v) is 10.7. The highest BCUT2D eigenvalue weighted by molar-refractivity contribution is 5.66. The van der Waals surface area contributed by atoms with Crippen molar-refractivity contribution in [1.82, 2.24) is 0 Å². The summed E-state index contributed by atoms with van der Waals surface area (Å²) < 4.78 is 5.58. The van der Waals surface area contributed by atoms with Gasteiger partial charge in [0, 0.05) is 19.3 Å². The molecular formula is C24H40NO2+. The van der Waals surface area contributed by atoms with Crippen molar-refractivity contribution in [3.05, 3.63) is 11.6 Å². The number of carbonyl (C=O) groups excluding carboxylic acids is 1. The van der Waals surface area contributed by atoms with Crippen LogP contribution < -0.4 is 5.32 Å². The summed E-state index contributed by atoms with van der Waals surface area (Å²) in [5.74, 6) is 3.38.